The number of benzene rings is 2. The second-order valence-electron chi connectivity index (χ2n) is 9.92. The molecule has 2 aromatic carbocycles. The number of anilines is 2. The third kappa shape index (κ3) is 8.61. The fraction of sp³-hybridized carbons (Fsp3) is 0.500. The summed E-state index contributed by atoms with van der Waals surface area (Å²) in [7, 11) is 5.51. The van der Waals surface area contributed by atoms with Crippen molar-refractivity contribution in [1.29, 1.82) is 0 Å². The van der Waals surface area contributed by atoms with Crippen LogP contribution in [-0.2, 0) is 6.54 Å². The van der Waals surface area contributed by atoms with Gasteiger partial charge in [-0.1, -0.05) is 30.3 Å². The first-order valence-corrected chi connectivity index (χ1v) is 13.0. The van der Waals surface area contributed by atoms with Gasteiger partial charge in [-0.3, -0.25) is 4.90 Å². The largest absolute Gasteiger partial charge is 1.00 e. The number of hydrogen-bond donors (Lipinski definition) is 1. The minimum Gasteiger partial charge on any atom is -1.00 e. The van der Waals surface area contributed by atoms with Crippen LogP contribution < -0.4 is 56.9 Å². The normalized spacial score (nSPS) is 16.4. The number of aromatic nitrogens is 2. The molecule has 5 rings (SSSR count). The molecule has 2 saturated heterocycles. The molecule has 3 heterocycles. The molecule has 3 N–H and O–H groups in total. The molecule has 2 aliphatic rings. The van der Waals surface area contributed by atoms with E-state index in [4.69, 9.17) is 19.4 Å². The average Bonchev–Trinajstić information content (AvgIpc) is 3.14. The standard InChI is InChI=1S/C28H38N6O2.3ClH.H2O/c1-32-12-7-13-34(17-16-32)28-30-24-19-26(36-3)25(35-2)18-23(24)27(31-28)29-22-10-14-33(15-11-22)20-21-8-5-4-6-9-21;;;;/h4-6,8-9,18-19,22H,7,10-17,20H2,1-3H3,(H,29,30,31);3*1H;1H2/p-3. The van der Waals surface area contributed by atoms with E-state index in [1.807, 2.05) is 12.1 Å². The van der Waals surface area contributed by atoms with Crippen molar-refractivity contribution in [2.75, 3.05) is 70.8 Å². The van der Waals surface area contributed by atoms with Crippen molar-refractivity contribution < 1.29 is 52.2 Å². The number of ether oxygens (including phenoxy) is 2. The van der Waals surface area contributed by atoms with E-state index in [9.17, 15) is 0 Å². The van der Waals surface area contributed by atoms with Crippen LogP contribution in [0.4, 0.5) is 11.8 Å². The van der Waals surface area contributed by atoms with Gasteiger partial charge >= 0.3 is 0 Å². The van der Waals surface area contributed by atoms with Crippen LogP contribution in [0.15, 0.2) is 42.5 Å². The summed E-state index contributed by atoms with van der Waals surface area (Å²) in [6, 6.07) is 15.1. The summed E-state index contributed by atoms with van der Waals surface area (Å²) in [5.74, 6) is 3.05. The number of nitrogens with zero attached hydrogens (tertiary/aromatic N) is 5. The summed E-state index contributed by atoms with van der Waals surface area (Å²) in [6.07, 6.45) is 3.26. The topological polar surface area (TPSA) is 97.5 Å². The summed E-state index contributed by atoms with van der Waals surface area (Å²) in [4.78, 5) is 17.3. The fourth-order valence-corrected chi connectivity index (χ4v) is 5.21. The number of halogens is 3. The highest BCUT2D eigenvalue weighted by molar-refractivity contribution is 5.93. The second-order valence-corrected chi connectivity index (χ2v) is 9.92. The highest BCUT2D eigenvalue weighted by atomic mass is 35.5. The minimum absolute atomic E-state index is 0. The van der Waals surface area contributed by atoms with Gasteiger partial charge in [0.1, 0.15) is 5.82 Å². The molecule has 0 spiro atoms. The molecular weight excluding hydrogens is 575 g/mol. The number of piperidine rings is 1. The number of nitrogens with one attached hydrogen (secondary N) is 1. The Morgan fingerprint density at radius 3 is 2.20 bits per heavy atom. The molecule has 224 valence electrons. The van der Waals surface area contributed by atoms with Gasteiger partial charge in [0.05, 0.1) is 19.7 Å². The van der Waals surface area contributed by atoms with Crippen LogP contribution in [0.1, 0.15) is 24.8 Å². The average molecular weight is 615 g/mol. The lowest BCUT2D eigenvalue weighted by Crippen LogP contribution is -3.00. The van der Waals surface area contributed by atoms with Crippen molar-refractivity contribution in [2.24, 2.45) is 0 Å². The molecule has 0 amide bonds. The van der Waals surface area contributed by atoms with Crippen molar-refractivity contribution in [3.8, 4) is 11.5 Å². The fourth-order valence-electron chi connectivity index (χ4n) is 5.21. The Morgan fingerprint density at radius 2 is 1.52 bits per heavy atom. The summed E-state index contributed by atoms with van der Waals surface area (Å²) < 4.78 is 11.2. The molecule has 3 aromatic rings. The van der Waals surface area contributed by atoms with Gasteiger partial charge in [-0.25, -0.2) is 4.98 Å². The number of likely N-dealkylation sites (N-methyl/N-ethyl adjacent to an activating group) is 1. The van der Waals surface area contributed by atoms with E-state index in [1.165, 1.54) is 5.56 Å². The van der Waals surface area contributed by atoms with E-state index < -0.39 is 0 Å². The Balaban J connectivity index is 0.00000200. The zero-order valence-electron chi connectivity index (χ0n) is 23.4. The van der Waals surface area contributed by atoms with Gasteiger partial charge < -0.3 is 67.3 Å². The third-order valence-corrected chi connectivity index (χ3v) is 7.37. The molecule has 9 nitrogen and oxygen atoms in total. The van der Waals surface area contributed by atoms with Gasteiger partial charge in [0.15, 0.2) is 11.5 Å². The zero-order valence-corrected chi connectivity index (χ0v) is 25.6. The monoisotopic (exact) mass is 613 g/mol. The van der Waals surface area contributed by atoms with E-state index in [0.29, 0.717) is 17.5 Å². The number of rotatable bonds is 7. The predicted octanol–water partition coefficient (Wildman–Crippen LogP) is -5.95. The van der Waals surface area contributed by atoms with Crippen molar-refractivity contribution >= 4 is 22.7 Å². The molecule has 40 heavy (non-hydrogen) atoms. The molecule has 0 bridgehead atoms. The summed E-state index contributed by atoms with van der Waals surface area (Å²) >= 11 is 0. The smallest absolute Gasteiger partial charge is 0.227 e. The Labute approximate surface area is 256 Å². The minimum atomic E-state index is 0. The second kappa shape index (κ2) is 16.9. The number of hydrogen-bond acceptors (Lipinski definition) is 8. The van der Waals surface area contributed by atoms with Gasteiger partial charge in [-0.15, -0.1) is 0 Å². The maximum Gasteiger partial charge on any atom is 0.227 e. The van der Waals surface area contributed by atoms with E-state index in [1.54, 1.807) is 14.2 Å². The van der Waals surface area contributed by atoms with Gasteiger partial charge in [-0.05, 0) is 44.5 Å². The van der Waals surface area contributed by atoms with Gasteiger partial charge in [0.2, 0.25) is 5.95 Å². The van der Waals surface area contributed by atoms with E-state index in [2.05, 4.69) is 57.4 Å². The first kappa shape index (κ1) is 35.8. The van der Waals surface area contributed by atoms with Crippen LogP contribution in [0, 0.1) is 0 Å². The van der Waals surface area contributed by atoms with Gasteiger partial charge in [0, 0.05) is 56.8 Å². The lowest BCUT2D eigenvalue weighted by Gasteiger charge is -2.33. The molecule has 1 aromatic heterocycles. The Kier molecular flexibility index (Phi) is 15.1. The van der Waals surface area contributed by atoms with Crippen molar-refractivity contribution in [2.45, 2.75) is 31.8 Å². The molecule has 0 unspecified atom stereocenters. The first-order chi connectivity index (χ1) is 17.6. The van der Waals surface area contributed by atoms with Crippen molar-refractivity contribution in [3.05, 3.63) is 48.0 Å². The zero-order chi connectivity index (χ0) is 24.9. The van der Waals surface area contributed by atoms with Gasteiger partial charge in [0.25, 0.3) is 0 Å². The first-order valence-electron chi connectivity index (χ1n) is 13.0. The quantitative estimate of drug-likeness (QED) is 0.281. The van der Waals surface area contributed by atoms with E-state index in [-0.39, 0.29) is 42.7 Å². The summed E-state index contributed by atoms with van der Waals surface area (Å²) in [5.41, 5.74) is 2.25. The highest BCUT2D eigenvalue weighted by Gasteiger charge is 2.23. The molecule has 0 radical (unpaired) electrons. The molecule has 12 heteroatoms. The molecular formula is C28H40Cl3N6O3-3. The van der Waals surface area contributed by atoms with E-state index in [0.717, 1.165) is 87.7 Å². The highest BCUT2D eigenvalue weighted by Crippen LogP contribution is 2.35. The number of likely N-dealkylation sites (tertiary alicyclic amines) is 1. The Bertz CT molecular complexity index is 1170. The van der Waals surface area contributed by atoms with Crippen LogP contribution in [0.5, 0.6) is 11.5 Å². The number of fused-ring (bicyclic) bond motifs is 1. The van der Waals surface area contributed by atoms with Crippen LogP contribution in [0.2, 0.25) is 0 Å². The molecule has 2 fully saturated rings. The molecule has 2 aliphatic heterocycles. The van der Waals surface area contributed by atoms with Crippen molar-refractivity contribution in [1.82, 2.24) is 19.8 Å². The van der Waals surface area contributed by atoms with Crippen LogP contribution in [-0.4, -0.2) is 91.8 Å². The summed E-state index contributed by atoms with van der Waals surface area (Å²) in [6.45, 7) is 7.13. The van der Waals surface area contributed by atoms with Gasteiger partial charge in [-0.2, -0.15) is 4.98 Å². The van der Waals surface area contributed by atoms with Crippen LogP contribution in [0.3, 0.4) is 0 Å². The van der Waals surface area contributed by atoms with Crippen molar-refractivity contribution in [3.63, 3.8) is 0 Å². The Morgan fingerprint density at radius 1 is 0.850 bits per heavy atom. The SMILES string of the molecule is COc1cc2nc(N3CCCN(C)CC3)nc(NC3CCN(Cc4ccccc4)CC3)c2cc1OC.O.[Cl-].[Cl-].[Cl-]. The summed E-state index contributed by atoms with van der Waals surface area (Å²) in [5, 5.41) is 4.76. The predicted molar refractivity (Wildman–Crippen MR) is 149 cm³/mol. The van der Waals surface area contributed by atoms with Crippen LogP contribution in [0.25, 0.3) is 10.9 Å². The molecule has 0 saturated carbocycles. The molecule has 0 atom stereocenters. The number of methoxy groups -OCH3 is 2. The Hall–Kier alpha value is -2.27. The third-order valence-electron chi connectivity index (χ3n) is 7.37. The lowest BCUT2D eigenvalue weighted by atomic mass is 10.0. The van der Waals surface area contributed by atoms with E-state index >= 15 is 0 Å². The maximum atomic E-state index is 5.60. The van der Waals surface area contributed by atoms with Crippen LogP contribution >= 0.6 is 0 Å². The molecule has 0 aliphatic carbocycles. The maximum absolute atomic E-state index is 5.60. The lowest BCUT2D eigenvalue weighted by molar-refractivity contribution is -0.00100.